The summed E-state index contributed by atoms with van der Waals surface area (Å²) in [4.78, 5) is 28.0. The van der Waals surface area contributed by atoms with Crippen LogP contribution in [0.2, 0.25) is 5.02 Å². The summed E-state index contributed by atoms with van der Waals surface area (Å²) in [5.74, 6) is -1.09. The van der Waals surface area contributed by atoms with Crippen molar-refractivity contribution < 1.29 is 36.7 Å². The Morgan fingerprint density at radius 3 is 2.28 bits per heavy atom. The Morgan fingerprint density at radius 2 is 1.79 bits per heavy atom. The van der Waals surface area contributed by atoms with Crippen LogP contribution in [0.4, 0.5) is 5.69 Å². The van der Waals surface area contributed by atoms with Gasteiger partial charge in [-0.15, -0.1) is 20.2 Å². The summed E-state index contributed by atoms with van der Waals surface area (Å²) >= 11 is 5.83. The fourth-order valence-electron chi connectivity index (χ4n) is 2.44. The van der Waals surface area contributed by atoms with Gasteiger partial charge in [-0.3, -0.25) is 0 Å². The van der Waals surface area contributed by atoms with E-state index in [1.54, 1.807) is 0 Å². The van der Waals surface area contributed by atoms with Crippen molar-refractivity contribution in [1.82, 2.24) is 4.31 Å². The third kappa shape index (κ3) is 5.54. The van der Waals surface area contributed by atoms with Crippen molar-refractivity contribution in [3.8, 4) is 0 Å². The minimum atomic E-state index is -4.33. The van der Waals surface area contributed by atoms with E-state index < -0.39 is 65.7 Å². The summed E-state index contributed by atoms with van der Waals surface area (Å²) in [5.41, 5.74) is 0.0123. The molecule has 15 nitrogen and oxygen atoms in total. The molecule has 162 valence electrons. The molecule has 0 atom stereocenters. The van der Waals surface area contributed by atoms with Gasteiger partial charge >= 0.3 is 0 Å². The molecule has 0 aromatic heterocycles. The van der Waals surface area contributed by atoms with Crippen molar-refractivity contribution in [3.05, 3.63) is 37.4 Å². The van der Waals surface area contributed by atoms with E-state index in [1.165, 1.54) is 0 Å². The molecule has 0 saturated carbocycles. The summed E-state index contributed by atoms with van der Waals surface area (Å²) in [6.45, 7) is -2.15. The second kappa shape index (κ2) is 8.49. The summed E-state index contributed by atoms with van der Waals surface area (Å²) < 4.78 is 49.7. The van der Waals surface area contributed by atoms with Crippen LogP contribution >= 0.6 is 11.6 Å². The van der Waals surface area contributed by atoms with Gasteiger partial charge in [0.2, 0.25) is 20.0 Å². The Morgan fingerprint density at radius 1 is 1.24 bits per heavy atom. The summed E-state index contributed by atoms with van der Waals surface area (Å²) in [6.07, 6.45) is 0. The van der Waals surface area contributed by atoms with E-state index in [0.717, 1.165) is 16.4 Å². The van der Waals surface area contributed by atoms with E-state index in [-0.39, 0.29) is 17.4 Å². The Balaban J connectivity index is 2.34. The van der Waals surface area contributed by atoms with Gasteiger partial charge in [-0.25, -0.2) is 22.0 Å². The third-order valence-electron chi connectivity index (χ3n) is 3.70. The fourth-order valence-corrected chi connectivity index (χ4v) is 5.21. The maximum absolute atomic E-state index is 12.9. The van der Waals surface area contributed by atoms with Crippen LogP contribution in [0.15, 0.2) is 21.9 Å². The first-order valence-corrected chi connectivity index (χ1v) is 10.8. The van der Waals surface area contributed by atoms with Crippen molar-refractivity contribution >= 4 is 37.3 Å². The zero-order valence-corrected chi connectivity index (χ0v) is 16.6. The molecule has 0 saturated heterocycles. The Bertz CT molecular complexity index is 1010. The Hall–Kier alpha value is -2.47. The number of anilines is 1. The highest BCUT2D eigenvalue weighted by molar-refractivity contribution is 7.90. The molecule has 0 amide bonds. The molecule has 0 bridgehead atoms. The normalized spacial score (nSPS) is 16.0. The van der Waals surface area contributed by atoms with Gasteiger partial charge in [-0.1, -0.05) is 11.6 Å². The molecule has 0 radical (unpaired) electrons. The van der Waals surface area contributed by atoms with Crippen LogP contribution in [0.25, 0.3) is 0 Å². The maximum Gasteiger partial charge on any atom is 0.294 e. The largest absolute Gasteiger partial charge is 0.370 e. The van der Waals surface area contributed by atoms with Gasteiger partial charge in [0.15, 0.2) is 0 Å². The van der Waals surface area contributed by atoms with Gasteiger partial charge in [0.05, 0.1) is 17.4 Å². The molecule has 1 aliphatic rings. The lowest BCUT2D eigenvalue weighted by molar-refractivity contribution is -0.768. The van der Waals surface area contributed by atoms with Crippen LogP contribution in [0.5, 0.6) is 0 Å². The van der Waals surface area contributed by atoms with E-state index in [4.69, 9.17) is 16.7 Å². The second-order valence-corrected chi connectivity index (χ2v) is 9.55. The molecule has 2 rings (SSSR count). The molecular weight excluding hydrogens is 462 g/mol. The van der Waals surface area contributed by atoms with E-state index in [9.17, 15) is 37.1 Å². The molecule has 29 heavy (non-hydrogen) atoms. The quantitative estimate of drug-likeness (QED) is 0.339. The van der Waals surface area contributed by atoms with Crippen LogP contribution < -0.4 is 10.5 Å². The van der Waals surface area contributed by atoms with E-state index in [0.29, 0.717) is 0 Å². The van der Waals surface area contributed by atoms with Crippen LogP contribution in [-0.4, -0.2) is 57.7 Å². The average Bonchev–Trinajstić information content (AvgIpc) is 2.57. The highest BCUT2D eigenvalue weighted by Gasteiger charge is 2.35. The van der Waals surface area contributed by atoms with Crippen LogP contribution in [0.1, 0.15) is 0 Å². The molecule has 1 aromatic rings. The lowest BCUT2D eigenvalue weighted by Gasteiger charge is -2.31. The van der Waals surface area contributed by atoms with Crippen molar-refractivity contribution in [1.29, 1.82) is 0 Å². The molecule has 18 heteroatoms. The first kappa shape index (κ1) is 22.8. The Kier molecular flexibility index (Phi) is 6.68. The average molecular weight is 476 g/mol. The van der Waals surface area contributed by atoms with Crippen molar-refractivity contribution in [2.45, 2.75) is 9.79 Å². The number of benzene rings is 1. The third-order valence-corrected chi connectivity index (χ3v) is 6.92. The molecule has 0 unspecified atom stereocenters. The molecule has 0 fully saturated rings. The predicted molar refractivity (Wildman–Crippen MR) is 94.6 cm³/mol. The number of hydrogen-bond donors (Lipinski definition) is 2. The first-order chi connectivity index (χ1) is 13.3. The lowest BCUT2D eigenvalue weighted by atomic mass is 10.2. The number of primary sulfonamides is 1. The summed E-state index contributed by atoms with van der Waals surface area (Å²) in [7, 11) is -8.64. The SMILES string of the molecule is NS(=O)(=O)c1cc2c(cc1Cl)NCN(CC(CO[N+](=O)[O-])CO[N+](=O)[O-])S2(=O)=O. The fraction of sp³-hybridized carbons (Fsp3) is 0.455. The van der Waals surface area contributed by atoms with Crippen LogP contribution in [0.3, 0.4) is 0 Å². The lowest BCUT2D eigenvalue weighted by Crippen LogP contribution is -2.44. The molecule has 0 spiro atoms. The number of halogens is 1. The molecular formula is C11H14ClN5O10S2. The number of nitrogens with zero attached hydrogens (tertiary/aromatic N) is 3. The van der Waals surface area contributed by atoms with Gasteiger partial charge < -0.3 is 15.0 Å². The number of sulfonamides is 2. The first-order valence-electron chi connectivity index (χ1n) is 7.47. The van der Waals surface area contributed by atoms with Gasteiger partial charge in [-0.2, -0.15) is 4.31 Å². The minimum absolute atomic E-state index is 0.0123. The molecule has 1 heterocycles. The number of fused-ring (bicyclic) bond motifs is 1. The number of rotatable bonds is 9. The van der Waals surface area contributed by atoms with Crippen LogP contribution in [0, 0.1) is 26.1 Å². The minimum Gasteiger partial charge on any atom is -0.370 e. The highest BCUT2D eigenvalue weighted by atomic mass is 35.5. The smallest absolute Gasteiger partial charge is 0.294 e. The molecule has 1 aromatic carbocycles. The topological polar surface area (TPSA) is 214 Å². The van der Waals surface area contributed by atoms with Gasteiger partial charge in [-0.05, 0) is 12.1 Å². The zero-order valence-electron chi connectivity index (χ0n) is 14.3. The van der Waals surface area contributed by atoms with Crippen molar-refractivity contribution in [2.75, 3.05) is 31.7 Å². The zero-order chi connectivity index (χ0) is 22.0. The van der Waals surface area contributed by atoms with E-state index in [2.05, 4.69) is 15.0 Å². The molecule has 3 N–H and O–H groups in total. The Labute approximate surface area is 168 Å². The molecule has 0 aliphatic carbocycles. The van der Waals surface area contributed by atoms with E-state index >= 15 is 0 Å². The standard InChI is InChI=1S/C11H14ClN5O10S2/c12-8-1-9-11(2-10(8)28(13,22)23)29(24,25)15(6-14-9)3-7(4-26-16(18)19)5-27-17(20)21/h1-2,7,14H,3-6H2,(H2,13,22,23). The highest BCUT2D eigenvalue weighted by Crippen LogP contribution is 2.35. The van der Waals surface area contributed by atoms with Gasteiger partial charge in [0, 0.05) is 12.5 Å². The van der Waals surface area contributed by atoms with E-state index in [1.807, 2.05) is 0 Å². The monoisotopic (exact) mass is 475 g/mol. The number of nitrogens with one attached hydrogen (secondary N) is 1. The number of nitrogens with two attached hydrogens (primary N) is 1. The number of hydrogen-bond acceptors (Lipinski definition) is 11. The predicted octanol–water partition coefficient (Wildman–Crippen LogP) is -0.606. The maximum atomic E-state index is 12.9. The second-order valence-electron chi connectivity index (χ2n) is 5.70. The van der Waals surface area contributed by atoms with Crippen molar-refractivity contribution in [3.63, 3.8) is 0 Å². The van der Waals surface area contributed by atoms with Gasteiger partial charge in [0.25, 0.3) is 10.2 Å². The summed E-state index contributed by atoms with van der Waals surface area (Å²) in [5, 5.41) is 25.9. The van der Waals surface area contributed by atoms with Crippen LogP contribution in [-0.2, 0) is 29.7 Å². The molecule has 1 aliphatic heterocycles. The summed E-state index contributed by atoms with van der Waals surface area (Å²) in [6, 6.07) is 1.85. The van der Waals surface area contributed by atoms with Crippen molar-refractivity contribution in [2.24, 2.45) is 11.1 Å². The van der Waals surface area contributed by atoms with Gasteiger partial charge in [0.1, 0.15) is 23.0 Å².